The van der Waals surface area contributed by atoms with Crippen molar-refractivity contribution in [2.75, 3.05) is 6.61 Å². The number of unbranched alkanes of at least 4 members (excludes halogenated alkanes) is 1. The van der Waals surface area contributed by atoms with Crippen molar-refractivity contribution in [3.05, 3.63) is 22.5 Å². The van der Waals surface area contributed by atoms with Crippen molar-refractivity contribution < 1.29 is 24.2 Å². The van der Waals surface area contributed by atoms with Crippen LogP contribution in [0.4, 0.5) is 0 Å². The van der Waals surface area contributed by atoms with Gasteiger partial charge < -0.3 is 14.6 Å². The van der Waals surface area contributed by atoms with E-state index in [0.29, 0.717) is 12.0 Å². The van der Waals surface area contributed by atoms with E-state index in [1.54, 1.807) is 6.92 Å². The van der Waals surface area contributed by atoms with E-state index >= 15 is 0 Å². The molecule has 22 heavy (non-hydrogen) atoms. The van der Waals surface area contributed by atoms with Crippen molar-refractivity contribution in [2.45, 2.75) is 59.5 Å². The molecule has 0 aromatic rings. The molecule has 0 amide bonds. The van der Waals surface area contributed by atoms with Crippen LogP contribution in [-0.2, 0) is 19.1 Å². The topological polar surface area (TPSA) is 72.8 Å². The molecule has 2 aliphatic rings. The molecule has 0 radical (unpaired) electrons. The monoisotopic (exact) mass is 308 g/mol. The first-order chi connectivity index (χ1) is 10.2. The molecule has 0 saturated carbocycles. The molecule has 2 aliphatic heterocycles. The second-order valence-electron chi connectivity index (χ2n) is 6.44. The third-order valence-electron chi connectivity index (χ3n) is 5.12. The molecule has 2 atom stereocenters. The molecule has 2 rings (SSSR count). The van der Waals surface area contributed by atoms with Crippen LogP contribution in [0.25, 0.3) is 0 Å². The SMILES string of the molecule is CCCCC1([C@]2(C)COC(=O)/C2=C(/C)O)OC(=O)C(C)=C1C. The first-order valence-corrected chi connectivity index (χ1v) is 7.70. The maximum atomic E-state index is 12.1. The third kappa shape index (κ3) is 2.06. The Hall–Kier alpha value is -1.78. The molecule has 0 bridgehead atoms. The summed E-state index contributed by atoms with van der Waals surface area (Å²) in [4.78, 5) is 24.2. The second-order valence-corrected chi connectivity index (χ2v) is 6.44. The van der Waals surface area contributed by atoms with Gasteiger partial charge >= 0.3 is 11.9 Å². The number of rotatable bonds is 4. The van der Waals surface area contributed by atoms with Crippen LogP contribution in [0.15, 0.2) is 22.5 Å². The molecule has 1 N–H and O–H groups in total. The minimum atomic E-state index is -0.935. The van der Waals surface area contributed by atoms with Gasteiger partial charge in [-0.15, -0.1) is 0 Å². The number of cyclic esters (lactones) is 2. The fourth-order valence-corrected chi connectivity index (χ4v) is 3.68. The summed E-state index contributed by atoms with van der Waals surface area (Å²) in [6.45, 7) is 9.06. The first kappa shape index (κ1) is 16.6. The number of aliphatic hydroxyl groups is 1. The van der Waals surface area contributed by atoms with Gasteiger partial charge in [0.25, 0.3) is 0 Å². The molecule has 0 spiro atoms. The number of ether oxygens (including phenoxy) is 2. The second kappa shape index (κ2) is 5.45. The molecule has 5 heteroatoms. The highest BCUT2D eigenvalue weighted by Crippen LogP contribution is 2.55. The van der Waals surface area contributed by atoms with E-state index in [1.807, 2.05) is 13.8 Å². The van der Waals surface area contributed by atoms with Gasteiger partial charge in [0, 0.05) is 5.57 Å². The molecular formula is C17H24O5. The molecule has 0 aromatic heterocycles. The van der Waals surface area contributed by atoms with Gasteiger partial charge in [-0.3, -0.25) is 0 Å². The van der Waals surface area contributed by atoms with Crippen molar-refractivity contribution in [3.63, 3.8) is 0 Å². The summed E-state index contributed by atoms with van der Waals surface area (Å²) < 4.78 is 11.0. The first-order valence-electron chi connectivity index (χ1n) is 7.70. The zero-order chi connectivity index (χ0) is 16.7. The molecule has 1 unspecified atom stereocenters. The number of esters is 2. The Labute approximate surface area is 131 Å². The van der Waals surface area contributed by atoms with Crippen LogP contribution in [0.5, 0.6) is 0 Å². The largest absolute Gasteiger partial charge is 0.512 e. The summed E-state index contributed by atoms with van der Waals surface area (Å²) in [6, 6.07) is 0. The van der Waals surface area contributed by atoms with E-state index in [2.05, 4.69) is 6.92 Å². The lowest BCUT2D eigenvalue weighted by Gasteiger charge is -2.43. The van der Waals surface area contributed by atoms with Crippen LogP contribution >= 0.6 is 0 Å². The number of allylic oxidation sites excluding steroid dienone is 1. The lowest BCUT2D eigenvalue weighted by Crippen LogP contribution is -2.50. The zero-order valence-electron chi connectivity index (χ0n) is 13.9. The van der Waals surface area contributed by atoms with Gasteiger partial charge in [-0.05, 0) is 46.1 Å². The highest BCUT2D eigenvalue weighted by atomic mass is 16.6. The minimum absolute atomic E-state index is 0.0747. The number of aliphatic hydroxyl groups excluding tert-OH is 1. The van der Waals surface area contributed by atoms with Crippen LogP contribution in [-0.4, -0.2) is 29.3 Å². The Balaban J connectivity index is 2.64. The van der Waals surface area contributed by atoms with Crippen LogP contribution < -0.4 is 0 Å². The van der Waals surface area contributed by atoms with Gasteiger partial charge in [0.1, 0.15) is 18.0 Å². The standard InChI is InChI=1S/C17H24O5/c1-6-7-8-17(11(3)10(2)14(19)22-17)16(5)9-21-15(20)13(16)12(4)18/h18H,6-9H2,1-5H3/b13-12+/t16-,17?/m1/s1. The lowest BCUT2D eigenvalue weighted by atomic mass is 9.64. The Morgan fingerprint density at radius 3 is 2.36 bits per heavy atom. The van der Waals surface area contributed by atoms with Gasteiger partial charge in [-0.2, -0.15) is 0 Å². The summed E-state index contributed by atoms with van der Waals surface area (Å²) in [5.74, 6) is -0.967. The molecule has 1 saturated heterocycles. The van der Waals surface area contributed by atoms with Crippen molar-refractivity contribution in [3.8, 4) is 0 Å². The van der Waals surface area contributed by atoms with Crippen LogP contribution in [0.3, 0.4) is 0 Å². The van der Waals surface area contributed by atoms with E-state index in [9.17, 15) is 14.7 Å². The number of hydrogen-bond acceptors (Lipinski definition) is 5. The Bertz CT molecular complexity index is 582. The Morgan fingerprint density at radius 1 is 1.27 bits per heavy atom. The van der Waals surface area contributed by atoms with Crippen LogP contribution in [0.1, 0.15) is 53.9 Å². The maximum Gasteiger partial charge on any atom is 0.338 e. The van der Waals surface area contributed by atoms with E-state index < -0.39 is 17.0 Å². The predicted molar refractivity (Wildman–Crippen MR) is 81.1 cm³/mol. The Kier molecular flexibility index (Phi) is 4.11. The fraction of sp³-hybridized carbons (Fsp3) is 0.647. The molecule has 2 heterocycles. The van der Waals surface area contributed by atoms with Crippen LogP contribution in [0.2, 0.25) is 0 Å². The minimum Gasteiger partial charge on any atom is -0.512 e. The normalized spacial score (nSPS) is 34.0. The average molecular weight is 308 g/mol. The van der Waals surface area contributed by atoms with E-state index in [4.69, 9.17) is 9.47 Å². The van der Waals surface area contributed by atoms with Gasteiger partial charge in [-0.25, -0.2) is 9.59 Å². The molecular weight excluding hydrogens is 284 g/mol. The van der Waals surface area contributed by atoms with Crippen molar-refractivity contribution in [1.82, 2.24) is 0 Å². The number of carbonyl (C=O) groups excluding carboxylic acids is 2. The van der Waals surface area contributed by atoms with Gasteiger partial charge in [-0.1, -0.05) is 13.3 Å². The summed E-state index contributed by atoms with van der Waals surface area (Å²) in [5, 5.41) is 10.00. The van der Waals surface area contributed by atoms with Gasteiger partial charge in [0.05, 0.1) is 11.0 Å². The molecule has 0 aromatic carbocycles. The van der Waals surface area contributed by atoms with E-state index in [1.165, 1.54) is 6.92 Å². The quantitative estimate of drug-likeness (QED) is 0.490. The highest BCUT2D eigenvalue weighted by molar-refractivity contribution is 5.96. The van der Waals surface area contributed by atoms with Crippen LogP contribution in [0, 0.1) is 5.41 Å². The Morgan fingerprint density at radius 2 is 1.91 bits per heavy atom. The highest BCUT2D eigenvalue weighted by Gasteiger charge is 2.63. The summed E-state index contributed by atoms with van der Waals surface area (Å²) >= 11 is 0. The zero-order valence-corrected chi connectivity index (χ0v) is 13.9. The van der Waals surface area contributed by atoms with Gasteiger partial charge in [0.2, 0.25) is 0 Å². The third-order valence-corrected chi connectivity index (χ3v) is 5.12. The lowest BCUT2D eigenvalue weighted by molar-refractivity contribution is -0.157. The van der Waals surface area contributed by atoms with Gasteiger partial charge in [0.15, 0.2) is 0 Å². The molecule has 0 aliphatic carbocycles. The smallest absolute Gasteiger partial charge is 0.338 e. The fourth-order valence-electron chi connectivity index (χ4n) is 3.68. The summed E-state index contributed by atoms with van der Waals surface area (Å²) in [6.07, 6.45) is 2.38. The number of hydrogen-bond donors (Lipinski definition) is 1. The molecule has 122 valence electrons. The van der Waals surface area contributed by atoms with Crippen molar-refractivity contribution in [1.29, 1.82) is 0 Å². The number of carbonyl (C=O) groups is 2. The van der Waals surface area contributed by atoms with E-state index in [0.717, 1.165) is 18.4 Å². The maximum absolute atomic E-state index is 12.1. The summed E-state index contributed by atoms with van der Waals surface area (Å²) in [5.41, 5.74) is -0.201. The van der Waals surface area contributed by atoms with Crippen molar-refractivity contribution in [2.24, 2.45) is 5.41 Å². The molecule has 5 nitrogen and oxygen atoms in total. The predicted octanol–water partition coefficient (Wildman–Crippen LogP) is 3.20. The molecule has 1 fully saturated rings. The average Bonchev–Trinajstić information content (AvgIpc) is 2.88. The summed E-state index contributed by atoms with van der Waals surface area (Å²) in [7, 11) is 0. The van der Waals surface area contributed by atoms with E-state index in [-0.39, 0.29) is 23.9 Å². The van der Waals surface area contributed by atoms with Crippen molar-refractivity contribution >= 4 is 11.9 Å².